The molecule has 1 saturated heterocycles. The fourth-order valence-corrected chi connectivity index (χ4v) is 2.70. The highest BCUT2D eigenvalue weighted by Crippen LogP contribution is 2.16. The molecule has 0 bridgehead atoms. The van der Waals surface area contributed by atoms with Crippen molar-refractivity contribution in [3.63, 3.8) is 0 Å². The van der Waals surface area contributed by atoms with Gasteiger partial charge < -0.3 is 20.2 Å². The summed E-state index contributed by atoms with van der Waals surface area (Å²) < 4.78 is 0. The van der Waals surface area contributed by atoms with Crippen LogP contribution in [0, 0.1) is 5.92 Å². The molecule has 1 aromatic carbocycles. The first-order valence-corrected chi connectivity index (χ1v) is 8.08. The topological polar surface area (TPSA) is 90.0 Å². The Hall–Kier alpha value is -2.57. The number of rotatable bonds is 6. The van der Waals surface area contributed by atoms with Gasteiger partial charge in [0.1, 0.15) is 0 Å². The second kappa shape index (κ2) is 8.33. The number of hydrogen-bond donors (Lipinski definition) is 2. The standard InChI is InChI=1S/C17H23N3O4/c1-2-19(11-13-6-4-3-5-7-13)15(21)10-18-17(24)20-9-8-14(12-20)16(22)23/h3-7,14H,2,8-12H2,1H3,(H,18,24)(H,22,23). The molecule has 2 rings (SSSR count). The minimum Gasteiger partial charge on any atom is -0.481 e. The van der Waals surface area contributed by atoms with Gasteiger partial charge in [0.05, 0.1) is 12.5 Å². The molecule has 1 aliphatic rings. The lowest BCUT2D eigenvalue weighted by Crippen LogP contribution is -2.44. The van der Waals surface area contributed by atoms with Crippen molar-refractivity contribution < 1.29 is 19.5 Å². The van der Waals surface area contributed by atoms with Crippen LogP contribution in [-0.4, -0.2) is 59.0 Å². The Kier molecular flexibility index (Phi) is 6.17. The number of likely N-dealkylation sites (tertiary alicyclic amines) is 1. The third kappa shape index (κ3) is 4.71. The highest BCUT2D eigenvalue weighted by molar-refractivity contribution is 5.84. The van der Waals surface area contributed by atoms with Crippen LogP contribution in [-0.2, 0) is 16.1 Å². The van der Waals surface area contributed by atoms with Crippen molar-refractivity contribution in [1.29, 1.82) is 0 Å². The molecular weight excluding hydrogens is 310 g/mol. The van der Waals surface area contributed by atoms with Crippen LogP contribution in [0.4, 0.5) is 4.79 Å². The van der Waals surface area contributed by atoms with Crippen molar-refractivity contribution in [2.75, 3.05) is 26.2 Å². The molecule has 0 aliphatic carbocycles. The van der Waals surface area contributed by atoms with Crippen LogP contribution >= 0.6 is 0 Å². The summed E-state index contributed by atoms with van der Waals surface area (Å²) in [7, 11) is 0. The molecule has 1 fully saturated rings. The lowest BCUT2D eigenvalue weighted by atomic mass is 10.1. The summed E-state index contributed by atoms with van der Waals surface area (Å²) in [6.07, 6.45) is 0.450. The van der Waals surface area contributed by atoms with Crippen molar-refractivity contribution in [2.24, 2.45) is 5.92 Å². The molecule has 0 aromatic heterocycles. The van der Waals surface area contributed by atoms with E-state index >= 15 is 0 Å². The van der Waals surface area contributed by atoms with Gasteiger partial charge in [-0.25, -0.2) is 4.79 Å². The molecule has 1 aliphatic heterocycles. The van der Waals surface area contributed by atoms with Gasteiger partial charge in [-0.1, -0.05) is 30.3 Å². The fraction of sp³-hybridized carbons (Fsp3) is 0.471. The molecule has 1 heterocycles. The summed E-state index contributed by atoms with van der Waals surface area (Å²) in [6, 6.07) is 9.27. The van der Waals surface area contributed by atoms with E-state index in [1.807, 2.05) is 37.3 Å². The van der Waals surface area contributed by atoms with Gasteiger partial charge in [0, 0.05) is 26.2 Å². The van der Waals surface area contributed by atoms with Crippen molar-refractivity contribution in [1.82, 2.24) is 15.1 Å². The number of aliphatic carboxylic acids is 1. The van der Waals surface area contributed by atoms with Crippen LogP contribution < -0.4 is 5.32 Å². The number of nitrogens with zero attached hydrogens (tertiary/aromatic N) is 2. The molecule has 130 valence electrons. The maximum absolute atomic E-state index is 12.3. The first kappa shape index (κ1) is 17.8. The zero-order valence-electron chi connectivity index (χ0n) is 13.8. The molecule has 7 nitrogen and oxygen atoms in total. The fourth-order valence-electron chi connectivity index (χ4n) is 2.70. The largest absolute Gasteiger partial charge is 0.481 e. The van der Waals surface area contributed by atoms with Gasteiger partial charge in [-0.05, 0) is 18.9 Å². The van der Waals surface area contributed by atoms with Crippen molar-refractivity contribution in [3.8, 4) is 0 Å². The average Bonchev–Trinajstić information content (AvgIpc) is 3.08. The second-order valence-electron chi connectivity index (χ2n) is 5.82. The Morgan fingerprint density at radius 3 is 2.58 bits per heavy atom. The lowest BCUT2D eigenvalue weighted by molar-refractivity contribution is -0.141. The van der Waals surface area contributed by atoms with Crippen molar-refractivity contribution >= 4 is 17.9 Å². The molecule has 0 radical (unpaired) electrons. The third-order valence-corrected chi connectivity index (χ3v) is 4.17. The molecule has 2 N–H and O–H groups in total. The Balaban J connectivity index is 1.81. The van der Waals surface area contributed by atoms with Crippen LogP contribution in [0.15, 0.2) is 30.3 Å². The van der Waals surface area contributed by atoms with E-state index in [4.69, 9.17) is 5.11 Å². The quantitative estimate of drug-likeness (QED) is 0.817. The van der Waals surface area contributed by atoms with Gasteiger partial charge in [-0.15, -0.1) is 0 Å². The number of amides is 3. The summed E-state index contributed by atoms with van der Waals surface area (Å²) >= 11 is 0. The first-order chi connectivity index (χ1) is 11.5. The molecule has 0 saturated carbocycles. The van der Waals surface area contributed by atoms with E-state index in [1.54, 1.807) is 4.90 Å². The summed E-state index contributed by atoms with van der Waals surface area (Å²) in [5.41, 5.74) is 1.03. The van der Waals surface area contributed by atoms with Gasteiger partial charge in [-0.2, -0.15) is 0 Å². The zero-order valence-corrected chi connectivity index (χ0v) is 13.8. The third-order valence-electron chi connectivity index (χ3n) is 4.17. The van der Waals surface area contributed by atoms with Crippen LogP contribution in [0.2, 0.25) is 0 Å². The number of carboxylic acid groups (broad SMARTS) is 1. The predicted octanol–water partition coefficient (Wildman–Crippen LogP) is 1.15. The highest BCUT2D eigenvalue weighted by atomic mass is 16.4. The smallest absolute Gasteiger partial charge is 0.317 e. The number of carbonyl (C=O) groups excluding carboxylic acids is 2. The molecule has 0 spiro atoms. The molecular formula is C17H23N3O4. The minimum atomic E-state index is -0.888. The van der Waals surface area contributed by atoms with Crippen molar-refractivity contribution in [3.05, 3.63) is 35.9 Å². The number of likely N-dealkylation sites (N-methyl/N-ethyl adjacent to an activating group) is 1. The summed E-state index contributed by atoms with van der Waals surface area (Å²) in [6.45, 7) is 3.44. The number of benzene rings is 1. The van der Waals surface area contributed by atoms with Gasteiger partial charge in [-0.3, -0.25) is 9.59 Å². The van der Waals surface area contributed by atoms with Crippen LogP contribution in [0.25, 0.3) is 0 Å². The summed E-state index contributed by atoms with van der Waals surface area (Å²) in [4.78, 5) is 38.3. The Morgan fingerprint density at radius 2 is 2.00 bits per heavy atom. The van der Waals surface area contributed by atoms with E-state index in [0.29, 0.717) is 26.1 Å². The maximum Gasteiger partial charge on any atom is 0.317 e. The van der Waals surface area contributed by atoms with Crippen molar-refractivity contribution in [2.45, 2.75) is 19.9 Å². The maximum atomic E-state index is 12.3. The van der Waals surface area contributed by atoms with Gasteiger partial charge in [0.25, 0.3) is 0 Å². The SMILES string of the molecule is CCN(Cc1ccccc1)C(=O)CNC(=O)N1CCC(C(=O)O)C1. The van der Waals surface area contributed by atoms with E-state index in [9.17, 15) is 14.4 Å². The lowest BCUT2D eigenvalue weighted by Gasteiger charge is -2.22. The van der Waals surface area contributed by atoms with Gasteiger partial charge in [0.15, 0.2) is 0 Å². The molecule has 3 amide bonds. The normalized spacial score (nSPS) is 16.7. The van der Waals surface area contributed by atoms with Gasteiger partial charge in [0.2, 0.25) is 5.91 Å². The van der Waals surface area contributed by atoms with E-state index in [1.165, 1.54) is 4.90 Å². The Morgan fingerprint density at radius 1 is 1.29 bits per heavy atom. The zero-order chi connectivity index (χ0) is 17.5. The molecule has 1 atom stereocenters. The van der Waals surface area contributed by atoms with E-state index in [-0.39, 0.29) is 25.0 Å². The molecule has 7 heteroatoms. The van der Waals surface area contributed by atoms with Crippen LogP contribution in [0.3, 0.4) is 0 Å². The molecule has 1 unspecified atom stereocenters. The van der Waals surface area contributed by atoms with Gasteiger partial charge >= 0.3 is 12.0 Å². The number of hydrogen-bond acceptors (Lipinski definition) is 3. The first-order valence-electron chi connectivity index (χ1n) is 8.08. The number of nitrogens with one attached hydrogen (secondary N) is 1. The Bertz CT molecular complexity index is 591. The molecule has 24 heavy (non-hydrogen) atoms. The van der Waals surface area contributed by atoms with E-state index in [0.717, 1.165) is 5.56 Å². The molecule has 1 aromatic rings. The highest BCUT2D eigenvalue weighted by Gasteiger charge is 2.31. The minimum absolute atomic E-state index is 0.0895. The van der Waals surface area contributed by atoms with Crippen LogP contribution in [0.5, 0.6) is 0 Å². The number of urea groups is 1. The number of carbonyl (C=O) groups is 3. The average molecular weight is 333 g/mol. The number of carboxylic acids is 1. The summed E-state index contributed by atoms with van der Waals surface area (Å²) in [5, 5.41) is 11.5. The van der Waals surface area contributed by atoms with E-state index < -0.39 is 11.9 Å². The Labute approximate surface area is 141 Å². The van der Waals surface area contributed by atoms with Crippen LogP contribution in [0.1, 0.15) is 18.9 Å². The van der Waals surface area contributed by atoms with E-state index in [2.05, 4.69) is 5.32 Å². The summed E-state index contributed by atoms with van der Waals surface area (Å²) in [5.74, 6) is -1.57. The predicted molar refractivity (Wildman–Crippen MR) is 88.2 cm³/mol. The second-order valence-corrected chi connectivity index (χ2v) is 5.82. The monoisotopic (exact) mass is 333 g/mol.